The van der Waals surface area contributed by atoms with Crippen LogP contribution in [0.5, 0.6) is 0 Å². The molecule has 1 aromatic carbocycles. The first-order valence-electron chi connectivity index (χ1n) is 8.18. The third-order valence-electron chi connectivity index (χ3n) is 4.18. The fourth-order valence-corrected chi connectivity index (χ4v) is 2.96. The Morgan fingerprint density at radius 1 is 1.30 bits per heavy atom. The van der Waals surface area contributed by atoms with Crippen molar-refractivity contribution in [1.82, 2.24) is 15.0 Å². The number of nitrogens with two attached hydrogens (primary N) is 1. The molecule has 2 aromatic rings. The second-order valence-corrected chi connectivity index (χ2v) is 5.81. The number of carbonyl (C=O) groups is 1. The van der Waals surface area contributed by atoms with Gasteiger partial charge in [0.05, 0.1) is 0 Å². The molecule has 1 saturated heterocycles. The number of benzene rings is 1. The molecule has 0 radical (unpaired) electrons. The van der Waals surface area contributed by atoms with Gasteiger partial charge in [-0.3, -0.25) is 4.79 Å². The van der Waals surface area contributed by atoms with Gasteiger partial charge in [-0.15, -0.1) is 0 Å². The highest BCUT2D eigenvalue weighted by molar-refractivity contribution is 5.76. The number of amides is 1. The van der Waals surface area contributed by atoms with Crippen molar-refractivity contribution in [2.75, 3.05) is 13.1 Å². The van der Waals surface area contributed by atoms with Gasteiger partial charge in [0, 0.05) is 18.5 Å². The second-order valence-electron chi connectivity index (χ2n) is 5.81. The van der Waals surface area contributed by atoms with Gasteiger partial charge in [0.1, 0.15) is 6.04 Å². The quantitative estimate of drug-likeness (QED) is 0.916. The minimum atomic E-state index is -0.112. The van der Waals surface area contributed by atoms with E-state index in [1.807, 2.05) is 35.2 Å². The molecule has 6 heteroatoms. The molecule has 6 nitrogen and oxygen atoms in total. The average molecular weight is 314 g/mol. The summed E-state index contributed by atoms with van der Waals surface area (Å²) >= 11 is 0. The van der Waals surface area contributed by atoms with E-state index in [4.69, 9.17) is 10.3 Å². The lowest BCUT2D eigenvalue weighted by Crippen LogP contribution is -2.38. The predicted molar refractivity (Wildman–Crippen MR) is 86.3 cm³/mol. The first-order valence-corrected chi connectivity index (χ1v) is 8.18. The molecule has 0 aliphatic carbocycles. The summed E-state index contributed by atoms with van der Waals surface area (Å²) in [5.74, 6) is 1.23. The molecule has 2 N–H and O–H groups in total. The molecule has 23 heavy (non-hydrogen) atoms. The number of piperidine rings is 1. The van der Waals surface area contributed by atoms with E-state index in [9.17, 15) is 4.79 Å². The highest BCUT2D eigenvalue weighted by Gasteiger charge is 2.31. The Kier molecular flexibility index (Phi) is 5.02. The molecule has 0 spiro atoms. The molecule has 1 aromatic heterocycles. The zero-order valence-electron chi connectivity index (χ0n) is 13.1. The summed E-state index contributed by atoms with van der Waals surface area (Å²) in [6.07, 6.45) is 4.14. The summed E-state index contributed by atoms with van der Waals surface area (Å²) in [4.78, 5) is 18.8. The summed E-state index contributed by atoms with van der Waals surface area (Å²) in [5, 5.41) is 4.07. The molecular formula is C17H22N4O2. The molecule has 1 amide bonds. The summed E-state index contributed by atoms with van der Waals surface area (Å²) in [6, 6.07) is 9.60. The summed E-state index contributed by atoms with van der Waals surface area (Å²) < 4.78 is 5.46. The van der Waals surface area contributed by atoms with Crippen LogP contribution in [0.4, 0.5) is 0 Å². The van der Waals surface area contributed by atoms with Gasteiger partial charge in [0.2, 0.25) is 17.6 Å². The van der Waals surface area contributed by atoms with Gasteiger partial charge in [0.15, 0.2) is 0 Å². The number of carbonyl (C=O) groups excluding carboxylic acids is 1. The van der Waals surface area contributed by atoms with Crippen LogP contribution in [0.3, 0.4) is 0 Å². The number of hydrogen-bond acceptors (Lipinski definition) is 5. The lowest BCUT2D eigenvalue weighted by molar-refractivity contribution is -0.135. The van der Waals surface area contributed by atoms with Gasteiger partial charge >= 0.3 is 0 Å². The molecule has 122 valence electrons. The van der Waals surface area contributed by atoms with Gasteiger partial charge in [-0.05, 0) is 32.2 Å². The number of likely N-dealkylation sites (tertiary alicyclic amines) is 1. The zero-order chi connectivity index (χ0) is 16.1. The van der Waals surface area contributed by atoms with Crippen LogP contribution in [0.1, 0.15) is 44.0 Å². The van der Waals surface area contributed by atoms with Crippen molar-refractivity contribution >= 4 is 5.91 Å². The van der Waals surface area contributed by atoms with Crippen LogP contribution in [0.25, 0.3) is 11.4 Å². The lowest BCUT2D eigenvalue weighted by atomic mass is 10.0. The summed E-state index contributed by atoms with van der Waals surface area (Å²) in [5.41, 5.74) is 6.42. The molecule has 2 heterocycles. The monoisotopic (exact) mass is 314 g/mol. The largest absolute Gasteiger partial charge is 0.337 e. The van der Waals surface area contributed by atoms with Gasteiger partial charge in [0.25, 0.3) is 0 Å². The van der Waals surface area contributed by atoms with E-state index in [0.717, 1.165) is 31.4 Å². The first kappa shape index (κ1) is 15.7. The number of aromatic nitrogens is 2. The average Bonchev–Trinajstić information content (AvgIpc) is 3.10. The molecule has 1 aliphatic rings. The lowest BCUT2D eigenvalue weighted by Gasteiger charge is -2.33. The van der Waals surface area contributed by atoms with Gasteiger partial charge in [-0.25, -0.2) is 0 Å². The third kappa shape index (κ3) is 3.59. The maximum Gasteiger partial charge on any atom is 0.249 e. The second kappa shape index (κ2) is 7.37. The Morgan fingerprint density at radius 3 is 2.91 bits per heavy atom. The zero-order valence-corrected chi connectivity index (χ0v) is 13.1. The number of rotatable bonds is 5. The van der Waals surface area contributed by atoms with E-state index in [1.165, 1.54) is 0 Å². The van der Waals surface area contributed by atoms with Crippen LogP contribution in [-0.4, -0.2) is 34.0 Å². The molecule has 1 atom stereocenters. The van der Waals surface area contributed by atoms with E-state index in [1.54, 1.807) is 0 Å². The van der Waals surface area contributed by atoms with Crippen molar-refractivity contribution in [2.45, 2.75) is 38.1 Å². The fraction of sp³-hybridized carbons (Fsp3) is 0.471. The Morgan fingerprint density at radius 2 is 2.13 bits per heavy atom. The van der Waals surface area contributed by atoms with Crippen molar-refractivity contribution < 1.29 is 9.32 Å². The van der Waals surface area contributed by atoms with Crippen molar-refractivity contribution in [3.8, 4) is 11.4 Å². The van der Waals surface area contributed by atoms with E-state index >= 15 is 0 Å². The summed E-state index contributed by atoms with van der Waals surface area (Å²) in [6.45, 7) is 1.28. The number of hydrogen-bond donors (Lipinski definition) is 1. The molecule has 0 saturated carbocycles. The van der Waals surface area contributed by atoms with Crippen LogP contribution in [0, 0.1) is 0 Å². The SMILES string of the molecule is NCCCC(=O)N1CCCCC1c1nc(-c2ccccc2)no1. The topological polar surface area (TPSA) is 85.3 Å². The predicted octanol–water partition coefficient (Wildman–Crippen LogP) is 2.53. The Bertz CT molecular complexity index is 641. The standard InChI is InChI=1S/C17H22N4O2/c18-11-6-10-15(22)21-12-5-4-9-14(21)17-19-16(20-23-17)13-7-2-1-3-8-13/h1-3,7-8,14H,4-6,9-12,18H2. The highest BCUT2D eigenvalue weighted by Crippen LogP contribution is 2.31. The molecular weight excluding hydrogens is 292 g/mol. The summed E-state index contributed by atoms with van der Waals surface area (Å²) in [7, 11) is 0. The smallest absolute Gasteiger partial charge is 0.249 e. The Balaban J connectivity index is 1.78. The van der Waals surface area contributed by atoms with E-state index in [2.05, 4.69) is 10.1 Å². The molecule has 1 unspecified atom stereocenters. The Hall–Kier alpha value is -2.21. The normalized spacial score (nSPS) is 18.1. The minimum absolute atomic E-state index is 0.112. The molecule has 1 aliphatic heterocycles. The third-order valence-corrected chi connectivity index (χ3v) is 4.18. The minimum Gasteiger partial charge on any atom is -0.337 e. The van der Waals surface area contributed by atoms with Crippen molar-refractivity contribution in [3.05, 3.63) is 36.2 Å². The highest BCUT2D eigenvalue weighted by atomic mass is 16.5. The maximum atomic E-state index is 12.4. The first-order chi connectivity index (χ1) is 11.3. The van der Waals surface area contributed by atoms with Crippen LogP contribution in [0.15, 0.2) is 34.9 Å². The van der Waals surface area contributed by atoms with E-state index < -0.39 is 0 Å². The van der Waals surface area contributed by atoms with Crippen LogP contribution in [0.2, 0.25) is 0 Å². The van der Waals surface area contributed by atoms with Crippen molar-refractivity contribution in [3.63, 3.8) is 0 Å². The Labute approximate surface area is 135 Å². The van der Waals surface area contributed by atoms with E-state index in [0.29, 0.717) is 31.1 Å². The van der Waals surface area contributed by atoms with Crippen molar-refractivity contribution in [2.24, 2.45) is 5.73 Å². The molecule has 0 bridgehead atoms. The van der Waals surface area contributed by atoms with Crippen LogP contribution >= 0.6 is 0 Å². The van der Waals surface area contributed by atoms with Crippen molar-refractivity contribution in [1.29, 1.82) is 0 Å². The van der Waals surface area contributed by atoms with Gasteiger partial charge in [-0.1, -0.05) is 35.5 Å². The molecule has 1 fully saturated rings. The number of nitrogens with zero attached hydrogens (tertiary/aromatic N) is 3. The van der Waals surface area contributed by atoms with Gasteiger partial charge < -0.3 is 15.2 Å². The maximum absolute atomic E-state index is 12.4. The fourth-order valence-electron chi connectivity index (χ4n) is 2.96. The van der Waals surface area contributed by atoms with Crippen LogP contribution < -0.4 is 5.73 Å². The van der Waals surface area contributed by atoms with Gasteiger partial charge in [-0.2, -0.15) is 4.98 Å². The molecule has 3 rings (SSSR count). The van der Waals surface area contributed by atoms with E-state index in [-0.39, 0.29) is 11.9 Å². The van der Waals surface area contributed by atoms with Crippen LogP contribution in [-0.2, 0) is 4.79 Å².